The Kier molecular flexibility index (Phi) is 6.37. The van der Waals surface area contributed by atoms with Crippen molar-refractivity contribution in [3.63, 3.8) is 0 Å². The lowest BCUT2D eigenvalue weighted by Gasteiger charge is -2.10. The molecule has 6 nitrogen and oxygen atoms in total. The molecule has 3 N–H and O–H groups in total. The quantitative estimate of drug-likeness (QED) is 0.565. The van der Waals surface area contributed by atoms with E-state index in [1.807, 2.05) is 22.8 Å². The van der Waals surface area contributed by atoms with Gasteiger partial charge in [-0.2, -0.15) is 0 Å². The van der Waals surface area contributed by atoms with E-state index in [2.05, 4.69) is 37.0 Å². The molecule has 3 aromatic rings. The summed E-state index contributed by atoms with van der Waals surface area (Å²) < 4.78 is 7.53. The van der Waals surface area contributed by atoms with Crippen LogP contribution in [0, 0.1) is 6.92 Å². The average molecular weight is 403 g/mol. The number of nitrogens with two attached hydrogens (primary N) is 1. The number of nitrogens with one attached hydrogen (secondary N) is 1. The molecule has 0 aliphatic heterocycles. The molecule has 2 amide bonds. The van der Waals surface area contributed by atoms with Gasteiger partial charge >= 0.3 is 0 Å². The molecule has 0 aliphatic carbocycles. The van der Waals surface area contributed by atoms with Crippen molar-refractivity contribution in [2.75, 3.05) is 13.7 Å². The lowest BCUT2D eigenvalue weighted by molar-refractivity contribution is -0.122. The number of aromatic nitrogens is 1. The first-order chi connectivity index (χ1) is 14.4. The van der Waals surface area contributed by atoms with Crippen molar-refractivity contribution < 1.29 is 14.3 Å². The van der Waals surface area contributed by atoms with E-state index in [0.717, 1.165) is 27.6 Å². The molecule has 0 unspecified atom stereocenters. The fraction of sp³-hybridized carbons (Fsp3) is 0.167. The zero-order valence-electron chi connectivity index (χ0n) is 17.1. The Balaban J connectivity index is 1.99. The van der Waals surface area contributed by atoms with Crippen molar-refractivity contribution in [1.82, 2.24) is 9.88 Å². The van der Waals surface area contributed by atoms with E-state index in [1.54, 1.807) is 31.5 Å². The van der Waals surface area contributed by atoms with Crippen LogP contribution >= 0.6 is 0 Å². The van der Waals surface area contributed by atoms with Crippen LogP contribution in [0.4, 0.5) is 0 Å². The van der Waals surface area contributed by atoms with E-state index < -0.39 is 5.91 Å². The second-order valence-electron chi connectivity index (χ2n) is 6.96. The molecule has 0 saturated carbocycles. The molecular formula is C24H25N3O3. The van der Waals surface area contributed by atoms with Gasteiger partial charge in [0.25, 0.3) is 11.8 Å². The Bertz CT molecular complexity index is 1140. The lowest BCUT2D eigenvalue weighted by atomic mass is 10.0. The highest BCUT2D eigenvalue weighted by atomic mass is 16.5. The summed E-state index contributed by atoms with van der Waals surface area (Å²) in [6, 6.07) is 11.6. The van der Waals surface area contributed by atoms with E-state index in [-0.39, 0.29) is 12.5 Å². The first kappa shape index (κ1) is 20.9. The highest BCUT2D eigenvalue weighted by Crippen LogP contribution is 2.27. The number of primary amides is 1. The Morgan fingerprint density at radius 3 is 2.73 bits per heavy atom. The summed E-state index contributed by atoms with van der Waals surface area (Å²) in [4.78, 5) is 23.4. The monoisotopic (exact) mass is 403 g/mol. The Morgan fingerprint density at radius 1 is 1.23 bits per heavy atom. The zero-order valence-corrected chi connectivity index (χ0v) is 17.1. The molecular weight excluding hydrogens is 378 g/mol. The maximum absolute atomic E-state index is 11.9. The third kappa shape index (κ3) is 4.60. The number of allylic oxidation sites excluding steroid dienone is 2. The van der Waals surface area contributed by atoms with E-state index in [9.17, 15) is 9.59 Å². The molecule has 0 radical (unpaired) electrons. The smallest absolute Gasteiger partial charge is 0.257 e. The maximum Gasteiger partial charge on any atom is 0.257 e. The van der Waals surface area contributed by atoms with E-state index in [1.165, 1.54) is 0 Å². The van der Waals surface area contributed by atoms with Gasteiger partial charge in [-0.25, -0.2) is 0 Å². The first-order valence-corrected chi connectivity index (χ1v) is 9.57. The molecule has 0 bridgehead atoms. The van der Waals surface area contributed by atoms with Crippen LogP contribution in [-0.4, -0.2) is 30.0 Å². The molecule has 154 valence electrons. The average Bonchev–Trinajstić information content (AvgIpc) is 3.10. The van der Waals surface area contributed by atoms with Crippen molar-refractivity contribution in [2.45, 2.75) is 13.5 Å². The number of benzene rings is 2. The molecule has 6 heteroatoms. The van der Waals surface area contributed by atoms with Gasteiger partial charge in [0.15, 0.2) is 6.61 Å². The summed E-state index contributed by atoms with van der Waals surface area (Å²) in [5, 5.41) is 3.26. The summed E-state index contributed by atoms with van der Waals surface area (Å²) in [7, 11) is 1.55. The molecule has 2 aromatic carbocycles. The van der Waals surface area contributed by atoms with Crippen molar-refractivity contribution in [3.05, 3.63) is 83.6 Å². The number of carbonyl (C=O) groups is 2. The number of hydrogen-bond donors (Lipinski definition) is 2. The molecule has 30 heavy (non-hydrogen) atoms. The molecule has 0 saturated heterocycles. The van der Waals surface area contributed by atoms with Crippen LogP contribution in [0.15, 0.2) is 61.3 Å². The minimum atomic E-state index is -0.490. The predicted molar refractivity (Wildman–Crippen MR) is 120 cm³/mol. The third-order valence-corrected chi connectivity index (χ3v) is 4.88. The van der Waals surface area contributed by atoms with Gasteiger partial charge in [-0.3, -0.25) is 9.59 Å². The standard InChI is InChI=1S/C24H25N3O3/c1-4-5-6-18-11-17(8-7-16(18)2)13-27-14-21(24(25)29)20-10-9-19(12-22(20)27)30-15-23(28)26-3/h4-12,14H,1,13,15H2,2-3H3,(H2,25,29)(H,26,28)/b6-5-. The highest BCUT2D eigenvalue weighted by Gasteiger charge is 2.14. The molecule has 0 atom stereocenters. The SMILES string of the molecule is C=C/C=C\c1cc(Cn2cc(C(N)=O)c3ccc(OCC(=O)NC)cc32)ccc1C. The van der Waals surface area contributed by atoms with Gasteiger partial charge in [-0.05, 0) is 41.8 Å². The van der Waals surface area contributed by atoms with Crippen molar-refractivity contribution in [2.24, 2.45) is 5.73 Å². The molecule has 3 rings (SSSR count). The van der Waals surface area contributed by atoms with Crippen LogP contribution in [0.2, 0.25) is 0 Å². The van der Waals surface area contributed by atoms with Crippen LogP contribution in [0.1, 0.15) is 27.0 Å². The number of rotatable bonds is 8. The first-order valence-electron chi connectivity index (χ1n) is 9.57. The van der Waals surface area contributed by atoms with Crippen molar-refractivity contribution >= 4 is 28.8 Å². The van der Waals surface area contributed by atoms with Gasteiger partial charge in [-0.1, -0.05) is 36.9 Å². The topological polar surface area (TPSA) is 86.3 Å². The minimum absolute atomic E-state index is 0.0810. The van der Waals surface area contributed by atoms with Gasteiger partial charge in [0.05, 0.1) is 11.1 Å². The van der Waals surface area contributed by atoms with Crippen LogP contribution < -0.4 is 15.8 Å². The highest BCUT2D eigenvalue weighted by molar-refractivity contribution is 6.06. The van der Waals surface area contributed by atoms with Gasteiger partial charge in [-0.15, -0.1) is 0 Å². The summed E-state index contributed by atoms with van der Waals surface area (Å²) >= 11 is 0. The van der Waals surface area contributed by atoms with Gasteiger partial charge in [0.1, 0.15) is 5.75 Å². The fourth-order valence-corrected chi connectivity index (χ4v) is 3.25. The third-order valence-electron chi connectivity index (χ3n) is 4.88. The van der Waals surface area contributed by atoms with Crippen LogP contribution in [0.3, 0.4) is 0 Å². The number of likely N-dealkylation sites (N-methyl/N-ethyl adjacent to an activating group) is 1. The van der Waals surface area contributed by atoms with Gasteiger partial charge in [0, 0.05) is 31.2 Å². The number of ether oxygens (including phenoxy) is 1. The van der Waals surface area contributed by atoms with E-state index in [0.29, 0.717) is 17.9 Å². The second kappa shape index (κ2) is 9.13. The van der Waals surface area contributed by atoms with Crippen LogP contribution in [0.5, 0.6) is 5.75 Å². The molecule has 0 spiro atoms. The number of nitrogens with zero attached hydrogens (tertiary/aromatic N) is 1. The van der Waals surface area contributed by atoms with Crippen LogP contribution in [-0.2, 0) is 11.3 Å². The number of aryl methyl sites for hydroxylation is 1. The largest absolute Gasteiger partial charge is 0.484 e. The Hall–Kier alpha value is -3.80. The Labute approximate surface area is 175 Å². The van der Waals surface area contributed by atoms with Gasteiger partial charge < -0.3 is 20.4 Å². The fourth-order valence-electron chi connectivity index (χ4n) is 3.25. The Morgan fingerprint density at radius 2 is 2.03 bits per heavy atom. The molecule has 1 heterocycles. The normalized spacial score (nSPS) is 11.0. The molecule has 1 aromatic heterocycles. The number of amides is 2. The second-order valence-corrected chi connectivity index (χ2v) is 6.96. The van der Waals surface area contributed by atoms with Crippen molar-refractivity contribution in [3.8, 4) is 5.75 Å². The zero-order chi connectivity index (χ0) is 21.7. The molecule has 0 fully saturated rings. The summed E-state index contributed by atoms with van der Waals surface area (Å²) in [5.74, 6) is -0.167. The maximum atomic E-state index is 11.9. The minimum Gasteiger partial charge on any atom is -0.484 e. The van der Waals surface area contributed by atoms with Gasteiger partial charge in [0.2, 0.25) is 0 Å². The summed E-state index contributed by atoms with van der Waals surface area (Å²) in [5.41, 5.74) is 10.2. The number of hydrogen-bond acceptors (Lipinski definition) is 3. The number of carbonyl (C=O) groups excluding carboxylic acids is 2. The van der Waals surface area contributed by atoms with E-state index in [4.69, 9.17) is 10.5 Å². The lowest BCUT2D eigenvalue weighted by Crippen LogP contribution is -2.24. The van der Waals surface area contributed by atoms with E-state index >= 15 is 0 Å². The predicted octanol–water partition coefficient (Wildman–Crippen LogP) is 3.42. The summed E-state index contributed by atoms with van der Waals surface area (Å²) in [6.45, 7) is 6.24. The van der Waals surface area contributed by atoms with Crippen molar-refractivity contribution in [1.29, 1.82) is 0 Å². The van der Waals surface area contributed by atoms with Crippen LogP contribution in [0.25, 0.3) is 17.0 Å². The molecule has 0 aliphatic rings. The number of fused-ring (bicyclic) bond motifs is 1. The summed E-state index contributed by atoms with van der Waals surface area (Å²) in [6.07, 6.45) is 7.41.